The summed E-state index contributed by atoms with van der Waals surface area (Å²) in [5.41, 5.74) is 1.74. The highest BCUT2D eigenvalue weighted by molar-refractivity contribution is 6.02. The molecule has 2 N–H and O–H groups in total. The molecule has 1 fully saturated rings. The lowest BCUT2D eigenvalue weighted by molar-refractivity contribution is -0.136. The Morgan fingerprint density at radius 2 is 2.15 bits per heavy atom. The maximum atomic E-state index is 11.9. The Morgan fingerprint density at radius 1 is 1.35 bits per heavy atom. The molecule has 2 amide bonds. The summed E-state index contributed by atoms with van der Waals surface area (Å²) in [5.74, 6) is 1.28. The first-order valence-corrected chi connectivity index (χ1v) is 6.28. The van der Waals surface area contributed by atoms with Crippen LogP contribution in [-0.2, 0) is 20.9 Å². The van der Waals surface area contributed by atoms with E-state index in [-0.39, 0.29) is 18.1 Å². The summed E-state index contributed by atoms with van der Waals surface area (Å²) in [6.45, 7) is 0.348. The number of phenolic OH excluding ortho intramolecular Hbond substituents is 1. The van der Waals surface area contributed by atoms with Crippen molar-refractivity contribution in [2.45, 2.75) is 25.4 Å². The molecular formula is C14H12N2O4. The van der Waals surface area contributed by atoms with E-state index >= 15 is 0 Å². The average molecular weight is 272 g/mol. The van der Waals surface area contributed by atoms with Crippen LogP contribution in [0.3, 0.4) is 0 Å². The number of nitrogens with zero attached hydrogens (tertiary/aromatic N) is 1. The fourth-order valence-electron chi connectivity index (χ4n) is 2.72. The largest absolute Gasteiger partial charge is 0.508 e. The molecule has 102 valence electrons. The van der Waals surface area contributed by atoms with Gasteiger partial charge in [0.05, 0.1) is 0 Å². The number of benzene rings is 1. The molecule has 1 saturated heterocycles. The Labute approximate surface area is 114 Å². The van der Waals surface area contributed by atoms with Crippen LogP contribution in [0, 0.1) is 0 Å². The Morgan fingerprint density at radius 3 is 2.85 bits per heavy atom. The SMILES string of the molecule is O=C=C1c2ccc(O)cc2CN1C1CCC(=O)NC1=O. The molecule has 0 saturated carbocycles. The minimum atomic E-state index is -0.557. The number of hydrogen-bond donors (Lipinski definition) is 2. The van der Waals surface area contributed by atoms with Gasteiger partial charge in [0.1, 0.15) is 17.5 Å². The van der Waals surface area contributed by atoms with Gasteiger partial charge in [-0.25, -0.2) is 4.79 Å². The number of fused-ring (bicyclic) bond motifs is 1. The van der Waals surface area contributed by atoms with Crippen LogP contribution >= 0.6 is 0 Å². The molecule has 0 aromatic heterocycles. The van der Waals surface area contributed by atoms with Crippen LogP contribution < -0.4 is 5.32 Å². The number of amides is 2. The van der Waals surface area contributed by atoms with Crippen molar-refractivity contribution in [1.29, 1.82) is 0 Å². The highest BCUT2D eigenvalue weighted by Crippen LogP contribution is 2.36. The molecule has 1 aromatic carbocycles. The molecule has 0 aliphatic carbocycles. The normalized spacial score (nSPS) is 21.5. The zero-order chi connectivity index (χ0) is 14.3. The van der Waals surface area contributed by atoms with Crippen LogP contribution in [0.4, 0.5) is 0 Å². The van der Waals surface area contributed by atoms with Crippen molar-refractivity contribution in [3.05, 3.63) is 29.3 Å². The van der Waals surface area contributed by atoms with Gasteiger partial charge in [0, 0.05) is 18.5 Å². The van der Waals surface area contributed by atoms with Gasteiger partial charge in [-0.2, -0.15) is 0 Å². The first-order chi connectivity index (χ1) is 9.60. The zero-order valence-electron chi connectivity index (χ0n) is 10.5. The quantitative estimate of drug-likeness (QED) is 0.563. The number of aromatic hydroxyl groups is 1. The lowest BCUT2D eigenvalue weighted by Gasteiger charge is -2.30. The van der Waals surface area contributed by atoms with Gasteiger partial charge in [-0.1, -0.05) is 0 Å². The monoisotopic (exact) mass is 272 g/mol. The third kappa shape index (κ3) is 1.87. The summed E-state index contributed by atoms with van der Waals surface area (Å²) in [5, 5.41) is 11.8. The molecule has 2 aliphatic heterocycles. The second-order valence-corrected chi connectivity index (χ2v) is 4.89. The third-order valence-electron chi connectivity index (χ3n) is 3.65. The molecule has 0 spiro atoms. The maximum Gasteiger partial charge on any atom is 0.249 e. The maximum absolute atomic E-state index is 11.9. The van der Waals surface area contributed by atoms with Crippen molar-refractivity contribution in [2.24, 2.45) is 0 Å². The van der Waals surface area contributed by atoms with E-state index in [1.165, 1.54) is 6.07 Å². The summed E-state index contributed by atoms with van der Waals surface area (Å²) in [6.07, 6.45) is 0.621. The lowest BCUT2D eigenvalue weighted by Crippen LogP contribution is -2.50. The van der Waals surface area contributed by atoms with E-state index in [9.17, 15) is 19.5 Å². The van der Waals surface area contributed by atoms with Crippen LogP contribution in [0.5, 0.6) is 5.75 Å². The second kappa shape index (κ2) is 4.51. The first kappa shape index (κ1) is 12.4. The van der Waals surface area contributed by atoms with Crippen LogP contribution in [0.15, 0.2) is 18.2 Å². The number of nitrogens with one attached hydrogen (secondary N) is 1. The highest BCUT2D eigenvalue weighted by Gasteiger charge is 2.37. The van der Waals surface area contributed by atoms with Gasteiger partial charge in [0.2, 0.25) is 11.8 Å². The lowest BCUT2D eigenvalue weighted by atomic mass is 10.0. The average Bonchev–Trinajstić information content (AvgIpc) is 2.75. The summed E-state index contributed by atoms with van der Waals surface area (Å²) >= 11 is 0. The van der Waals surface area contributed by atoms with Crippen molar-refractivity contribution in [2.75, 3.05) is 0 Å². The van der Waals surface area contributed by atoms with E-state index in [4.69, 9.17) is 0 Å². The van der Waals surface area contributed by atoms with Gasteiger partial charge in [-0.05, 0) is 30.2 Å². The third-order valence-corrected chi connectivity index (χ3v) is 3.65. The minimum absolute atomic E-state index is 0.110. The summed E-state index contributed by atoms with van der Waals surface area (Å²) in [6, 6.07) is 4.14. The number of imide groups is 1. The fraction of sp³-hybridized carbons (Fsp3) is 0.286. The number of hydrogen-bond acceptors (Lipinski definition) is 5. The smallest absolute Gasteiger partial charge is 0.249 e. The van der Waals surface area contributed by atoms with Crippen LogP contribution in [0.2, 0.25) is 0 Å². The molecule has 0 radical (unpaired) electrons. The Hall–Kier alpha value is -2.59. The van der Waals surface area contributed by atoms with Crippen LogP contribution in [-0.4, -0.2) is 33.8 Å². The summed E-state index contributed by atoms with van der Waals surface area (Å²) in [4.78, 5) is 35.9. The van der Waals surface area contributed by atoms with Crippen LogP contribution in [0.25, 0.3) is 5.70 Å². The molecule has 20 heavy (non-hydrogen) atoms. The topological polar surface area (TPSA) is 86.7 Å². The predicted octanol–water partition coefficient (Wildman–Crippen LogP) is 0.185. The Bertz CT molecular complexity index is 661. The molecule has 1 atom stereocenters. The second-order valence-electron chi connectivity index (χ2n) is 4.89. The molecule has 6 nitrogen and oxygen atoms in total. The molecule has 3 rings (SSSR count). The van der Waals surface area contributed by atoms with Gasteiger partial charge in [-0.3, -0.25) is 14.9 Å². The summed E-state index contributed by atoms with van der Waals surface area (Å²) in [7, 11) is 0. The number of carbonyl (C=O) groups excluding carboxylic acids is 3. The molecule has 2 heterocycles. The van der Waals surface area contributed by atoms with E-state index < -0.39 is 11.9 Å². The van der Waals surface area contributed by atoms with Crippen molar-refractivity contribution in [3.8, 4) is 5.75 Å². The number of piperidine rings is 1. The number of carbonyl (C=O) groups is 2. The zero-order valence-corrected chi connectivity index (χ0v) is 10.5. The molecule has 0 bridgehead atoms. The standard InChI is InChI=1S/C14H12N2O4/c17-7-12-10-2-1-9(18)5-8(10)6-16(12)11-3-4-13(19)15-14(11)20/h1-2,5,11,18H,3-4,6H2,(H,15,19,20). The van der Waals surface area contributed by atoms with E-state index in [1.54, 1.807) is 17.0 Å². The van der Waals surface area contributed by atoms with E-state index in [1.807, 2.05) is 5.94 Å². The van der Waals surface area contributed by atoms with Gasteiger partial charge in [0.15, 0.2) is 5.94 Å². The van der Waals surface area contributed by atoms with E-state index in [0.717, 1.165) is 5.56 Å². The molecular weight excluding hydrogens is 260 g/mol. The Kier molecular flexibility index (Phi) is 2.80. The molecule has 1 aromatic rings. The molecule has 2 aliphatic rings. The van der Waals surface area contributed by atoms with Gasteiger partial charge < -0.3 is 10.0 Å². The molecule has 1 unspecified atom stereocenters. The highest BCUT2D eigenvalue weighted by atomic mass is 16.3. The number of rotatable bonds is 1. The van der Waals surface area contributed by atoms with Crippen molar-refractivity contribution >= 4 is 23.5 Å². The van der Waals surface area contributed by atoms with Crippen LogP contribution in [0.1, 0.15) is 24.0 Å². The Balaban J connectivity index is 1.95. The number of phenols is 1. The fourth-order valence-corrected chi connectivity index (χ4v) is 2.72. The summed E-state index contributed by atoms with van der Waals surface area (Å²) < 4.78 is 0. The van der Waals surface area contributed by atoms with Crippen molar-refractivity contribution in [1.82, 2.24) is 10.2 Å². The molecule has 6 heteroatoms. The van der Waals surface area contributed by atoms with E-state index in [2.05, 4.69) is 5.32 Å². The van der Waals surface area contributed by atoms with Crippen molar-refractivity contribution < 1.29 is 19.5 Å². The predicted molar refractivity (Wildman–Crippen MR) is 68.9 cm³/mol. The van der Waals surface area contributed by atoms with Crippen molar-refractivity contribution in [3.63, 3.8) is 0 Å². The van der Waals surface area contributed by atoms with E-state index in [0.29, 0.717) is 24.2 Å². The first-order valence-electron chi connectivity index (χ1n) is 6.28. The minimum Gasteiger partial charge on any atom is -0.508 e. The van der Waals surface area contributed by atoms with Gasteiger partial charge >= 0.3 is 0 Å². The van der Waals surface area contributed by atoms with Gasteiger partial charge in [0.25, 0.3) is 0 Å². The van der Waals surface area contributed by atoms with Gasteiger partial charge in [-0.15, -0.1) is 0 Å².